The number of hydrogen-bond acceptors (Lipinski definition) is 3. The monoisotopic (exact) mass is 317 g/mol. The lowest BCUT2D eigenvalue weighted by Crippen LogP contribution is -2.33. The maximum atomic E-state index is 12.0. The standard InChI is InChI=1S/C14H17Cl2NO3/c15-11-1-2-13(12(16)7-11)20-9-14(19)17-5-3-10(8-17)4-6-18/h1-2,7,10,18H,3-6,8-9H2. The molecule has 1 aliphatic heterocycles. The van der Waals surface area contributed by atoms with Crippen molar-refractivity contribution in [2.45, 2.75) is 12.8 Å². The van der Waals surface area contributed by atoms with Gasteiger partial charge in [-0.2, -0.15) is 0 Å². The first-order chi connectivity index (χ1) is 9.60. The molecule has 0 bridgehead atoms. The van der Waals surface area contributed by atoms with Gasteiger partial charge in [0.25, 0.3) is 5.91 Å². The number of hydrogen-bond donors (Lipinski definition) is 1. The third kappa shape index (κ3) is 4.01. The van der Waals surface area contributed by atoms with Crippen LogP contribution >= 0.6 is 23.2 Å². The summed E-state index contributed by atoms with van der Waals surface area (Å²) in [5, 5.41) is 9.82. The Balaban J connectivity index is 1.83. The average Bonchev–Trinajstić information content (AvgIpc) is 2.86. The molecule has 110 valence electrons. The second-order valence-electron chi connectivity index (χ2n) is 4.87. The van der Waals surface area contributed by atoms with Gasteiger partial charge in [-0.3, -0.25) is 4.79 Å². The molecule has 1 heterocycles. The number of nitrogens with zero attached hydrogens (tertiary/aromatic N) is 1. The normalized spacial score (nSPS) is 18.4. The van der Waals surface area contributed by atoms with E-state index in [-0.39, 0.29) is 19.1 Å². The second kappa shape index (κ2) is 7.16. The number of likely N-dealkylation sites (tertiary alicyclic amines) is 1. The van der Waals surface area contributed by atoms with Crippen molar-refractivity contribution in [2.75, 3.05) is 26.3 Å². The van der Waals surface area contributed by atoms with Crippen molar-refractivity contribution in [3.05, 3.63) is 28.2 Å². The molecule has 1 unspecified atom stereocenters. The zero-order valence-electron chi connectivity index (χ0n) is 11.0. The highest BCUT2D eigenvalue weighted by molar-refractivity contribution is 6.35. The van der Waals surface area contributed by atoms with Crippen LogP contribution < -0.4 is 4.74 Å². The Bertz CT molecular complexity index is 481. The second-order valence-corrected chi connectivity index (χ2v) is 5.71. The zero-order chi connectivity index (χ0) is 14.5. The maximum Gasteiger partial charge on any atom is 0.260 e. The van der Waals surface area contributed by atoms with Gasteiger partial charge < -0.3 is 14.7 Å². The van der Waals surface area contributed by atoms with Crippen LogP contribution in [0.5, 0.6) is 5.75 Å². The summed E-state index contributed by atoms with van der Waals surface area (Å²) in [6.07, 6.45) is 1.68. The minimum Gasteiger partial charge on any atom is -0.482 e. The van der Waals surface area contributed by atoms with E-state index >= 15 is 0 Å². The van der Waals surface area contributed by atoms with Gasteiger partial charge >= 0.3 is 0 Å². The van der Waals surface area contributed by atoms with Gasteiger partial charge in [0.15, 0.2) is 6.61 Å². The summed E-state index contributed by atoms with van der Waals surface area (Å²) < 4.78 is 5.43. The number of aliphatic hydroxyl groups excluding tert-OH is 1. The van der Waals surface area contributed by atoms with Gasteiger partial charge in [-0.25, -0.2) is 0 Å². The van der Waals surface area contributed by atoms with Crippen molar-refractivity contribution in [2.24, 2.45) is 5.92 Å². The summed E-state index contributed by atoms with van der Waals surface area (Å²) in [7, 11) is 0. The molecule has 1 N–H and O–H groups in total. The van der Waals surface area contributed by atoms with Crippen LogP contribution in [0.4, 0.5) is 0 Å². The summed E-state index contributed by atoms with van der Waals surface area (Å²) >= 11 is 11.8. The Kier molecular flexibility index (Phi) is 5.52. The van der Waals surface area contributed by atoms with E-state index in [1.807, 2.05) is 0 Å². The Labute approximate surface area is 128 Å². The molecule has 1 aromatic carbocycles. The Hall–Kier alpha value is -0.970. The SMILES string of the molecule is O=C(COc1ccc(Cl)cc1Cl)N1CCC(CCO)C1. The third-order valence-electron chi connectivity index (χ3n) is 3.42. The fraction of sp³-hybridized carbons (Fsp3) is 0.500. The maximum absolute atomic E-state index is 12.0. The summed E-state index contributed by atoms with van der Waals surface area (Å²) in [4.78, 5) is 13.8. The smallest absolute Gasteiger partial charge is 0.260 e. The Morgan fingerprint density at radius 2 is 2.25 bits per heavy atom. The van der Waals surface area contributed by atoms with E-state index in [4.69, 9.17) is 33.0 Å². The Morgan fingerprint density at radius 3 is 2.95 bits per heavy atom. The van der Waals surface area contributed by atoms with Gasteiger partial charge in [0.1, 0.15) is 5.75 Å². The topological polar surface area (TPSA) is 49.8 Å². The van der Waals surface area contributed by atoms with Crippen molar-refractivity contribution in [3.8, 4) is 5.75 Å². The largest absolute Gasteiger partial charge is 0.482 e. The molecular formula is C14H17Cl2NO3. The molecule has 1 fully saturated rings. The molecule has 20 heavy (non-hydrogen) atoms. The number of carbonyl (C=O) groups excluding carboxylic acids is 1. The lowest BCUT2D eigenvalue weighted by Gasteiger charge is -2.17. The summed E-state index contributed by atoms with van der Waals surface area (Å²) in [5.41, 5.74) is 0. The fourth-order valence-corrected chi connectivity index (χ4v) is 2.76. The van der Waals surface area contributed by atoms with Crippen molar-refractivity contribution in [3.63, 3.8) is 0 Å². The average molecular weight is 318 g/mol. The van der Waals surface area contributed by atoms with Gasteiger partial charge in [0.2, 0.25) is 0 Å². The predicted molar refractivity (Wildman–Crippen MR) is 78.3 cm³/mol. The third-order valence-corrected chi connectivity index (χ3v) is 3.95. The van der Waals surface area contributed by atoms with Gasteiger partial charge in [0.05, 0.1) is 5.02 Å². The first-order valence-electron chi connectivity index (χ1n) is 6.56. The quantitative estimate of drug-likeness (QED) is 0.908. The number of rotatable bonds is 5. The molecule has 1 aliphatic rings. The first kappa shape index (κ1) is 15.4. The highest BCUT2D eigenvalue weighted by Crippen LogP contribution is 2.27. The molecule has 1 atom stereocenters. The van der Waals surface area contributed by atoms with Gasteiger partial charge in [-0.05, 0) is 37.0 Å². The minimum absolute atomic E-state index is 0.0345. The number of aliphatic hydroxyl groups is 1. The van der Waals surface area contributed by atoms with Crippen LogP contribution in [0, 0.1) is 5.92 Å². The highest BCUT2D eigenvalue weighted by Gasteiger charge is 2.25. The lowest BCUT2D eigenvalue weighted by molar-refractivity contribution is -0.132. The van der Waals surface area contributed by atoms with Crippen LogP contribution in [0.1, 0.15) is 12.8 Å². The zero-order valence-corrected chi connectivity index (χ0v) is 12.5. The Morgan fingerprint density at radius 1 is 1.45 bits per heavy atom. The molecule has 4 nitrogen and oxygen atoms in total. The van der Waals surface area contributed by atoms with Crippen LogP contribution in [-0.4, -0.2) is 42.2 Å². The molecule has 0 aromatic heterocycles. The van der Waals surface area contributed by atoms with Gasteiger partial charge in [-0.15, -0.1) is 0 Å². The molecular weight excluding hydrogens is 301 g/mol. The summed E-state index contributed by atoms with van der Waals surface area (Å²) in [6, 6.07) is 4.90. The van der Waals surface area contributed by atoms with Crippen LogP contribution in [0.3, 0.4) is 0 Å². The van der Waals surface area contributed by atoms with E-state index in [9.17, 15) is 4.79 Å². The molecule has 2 rings (SSSR count). The van der Waals surface area contributed by atoms with E-state index in [1.54, 1.807) is 23.1 Å². The van der Waals surface area contributed by atoms with Crippen molar-refractivity contribution in [1.82, 2.24) is 4.90 Å². The van der Waals surface area contributed by atoms with E-state index in [1.165, 1.54) is 0 Å². The molecule has 6 heteroatoms. The molecule has 1 aromatic rings. The summed E-state index contributed by atoms with van der Waals surface area (Å²) in [6.45, 7) is 1.55. The van der Waals surface area contributed by atoms with Crippen LogP contribution in [0.2, 0.25) is 10.0 Å². The van der Waals surface area contributed by atoms with Gasteiger partial charge in [0, 0.05) is 24.7 Å². The molecule has 1 saturated heterocycles. The fourth-order valence-electron chi connectivity index (χ4n) is 2.30. The number of halogens is 2. The van der Waals surface area contributed by atoms with Crippen LogP contribution in [-0.2, 0) is 4.79 Å². The molecule has 0 aliphatic carbocycles. The first-order valence-corrected chi connectivity index (χ1v) is 7.32. The van der Waals surface area contributed by atoms with Crippen molar-refractivity contribution in [1.29, 1.82) is 0 Å². The minimum atomic E-state index is -0.0588. The summed E-state index contributed by atoms with van der Waals surface area (Å²) in [5.74, 6) is 0.787. The molecule has 0 saturated carbocycles. The van der Waals surface area contributed by atoms with E-state index in [0.29, 0.717) is 28.3 Å². The lowest BCUT2D eigenvalue weighted by atomic mass is 10.1. The molecule has 0 radical (unpaired) electrons. The van der Waals surface area contributed by atoms with Crippen molar-refractivity contribution >= 4 is 29.1 Å². The van der Waals surface area contributed by atoms with E-state index < -0.39 is 0 Å². The molecule has 0 spiro atoms. The van der Waals surface area contributed by atoms with E-state index in [2.05, 4.69) is 0 Å². The van der Waals surface area contributed by atoms with Crippen LogP contribution in [0.25, 0.3) is 0 Å². The number of amides is 1. The number of ether oxygens (including phenoxy) is 1. The van der Waals surface area contributed by atoms with E-state index in [0.717, 1.165) is 19.4 Å². The number of benzene rings is 1. The van der Waals surface area contributed by atoms with Crippen LogP contribution in [0.15, 0.2) is 18.2 Å². The highest BCUT2D eigenvalue weighted by atomic mass is 35.5. The number of carbonyl (C=O) groups is 1. The van der Waals surface area contributed by atoms with Gasteiger partial charge in [-0.1, -0.05) is 23.2 Å². The predicted octanol–water partition coefficient (Wildman–Crippen LogP) is 2.60. The van der Waals surface area contributed by atoms with Crippen molar-refractivity contribution < 1.29 is 14.6 Å². The molecule has 1 amide bonds.